The van der Waals surface area contributed by atoms with Crippen molar-refractivity contribution in [3.8, 4) is 0 Å². The van der Waals surface area contributed by atoms with E-state index in [-0.39, 0.29) is 6.42 Å². The maximum atomic E-state index is 10.7. The first-order valence-corrected chi connectivity index (χ1v) is 6.19. The maximum absolute atomic E-state index is 10.7. The fourth-order valence-electron chi connectivity index (χ4n) is 1.54. The number of thioether (sulfide) groups is 1. The molecule has 0 unspecified atom stereocenters. The summed E-state index contributed by atoms with van der Waals surface area (Å²) in [6.07, 6.45) is 2.11. The summed E-state index contributed by atoms with van der Waals surface area (Å²) in [4.78, 5) is 10.7. The first kappa shape index (κ1) is 12.1. The molecule has 0 aliphatic rings. The van der Waals surface area contributed by atoms with Gasteiger partial charge in [0, 0.05) is 17.0 Å². The highest BCUT2D eigenvalue weighted by Gasteiger charge is 2.13. The van der Waals surface area contributed by atoms with Crippen LogP contribution in [0, 0.1) is 13.8 Å². The van der Waals surface area contributed by atoms with Gasteiger partial charge in [0.2, 0.25) is 0 Å². The van der Waals surface area contributed by atoms with Crippen LogP contribution in [-0.2, 0) is 17.8 Å². The van der Waals surface area contributed by atoms with Crippen molar-refractivity contribution in [2.75, 3.05) is 12.0 Å². The van der Waals surface area contributed by atoms with E-state index >= 15 is 0 Å². The largest absolute Gasteiger partial charge is 0.481 e. The van der Waals surface area contributed by atoms with Gasteiger partial charge in [-0.05, 0) is 20.1 Å². The van der Waals surface area contributed by atoms with Crippen LogP contribution in [0.2, 0.25) is 0 Å². The number of carboxylic acids is 1. The Labute approximate surface area is 93.7 Å². The Balaban J connectivity index is 2.87. The van der Waals surface area contributed by atoms with Crippen molar-refractivity contribution >= 4 is 17.7 Å². The highest BCUT2D eigenvalue weighted by molar-refractivity contribution is 7.98. The number of nitrogens with zero attached hydrogens (tertiary/aromatic N) is 2. The molecule has 0 spiro atoms. The van der Waals surface area contributed by atoms with E-state index in [1.165, 1.54) is 0 Å². The van der Waals surface area contributed by atoms with E-state index in [0.29, 0.717) is 0 Å². The third-order valence-corrected chi connectivity index (χ3v) is 2.96. The van der Waals surface area contributed by atoms with Crippen molar-refractivity contribution < 1.29 is 9.90 Å². The molecule has 5 heteroatoms. The van der Waals surface area contributed by atoms with Gasteiger partial charge in [-0.1, -0.05) is 0 Å². The molecule has 0 bridgehead atoms. The van der Waals surface area contributed by atoms with Crippen LogP contribution in [0.1, 0.15) is 17.0 Å². The van der Waals surface area contributed by atoms with Crippen LogP contribution in [0.4, 0.5) is 0 Å². The number of rotatable bonds is 5. The molecule has 1 aromatic heterocycles. The van der Waals surface area contributed by atoms with Crippen LogP contribution in [0.3, 0.4) is 0 Å². The molecule has 0 saturated heterocycles. The maximum Gasteiger partial charge on any atom is 0.307 e. The van der Waals surface area contributed by atoms with Crippen molar-refractivity contribution in [2.45, 2.75) is 26.8 Å². The van der Waals surface area contributed by atoms with Gasteiger partial charge < -0.3 is 5.11 Å². The average molecular weight is 228 g/mol. The first-order valence-electron chi connectivity index (χ1n) is 4.80. The van der Waals surface area contributed by atoms with Crippen LogP contribution in [0.25, 0.3) is 0 Å². The number of carbonyl (C=O) groups is 1. The number of carboxylic acid groups (broad SMARTS) is 1. The third-order valence-electron chi connectivity index (χ3n) is 2.37. The molecule has 1 rings (SSSR count). The minimum Gasteiger partial charge on any atom is -0.481 e. The lowest BCUT2D eigenvalue weighted by Gasteiger charge is -2.02. The second kappa shape index (κ2) is 5.21. The third kappa shape index (κ3) is 2.99. The summed E-state index contributed by atoms with van der Waals surface area (Å²) in [7, 11) is 0. The molecule has 0 saturated carbocycles. The fourth-order valence-corrected chi connectivity index (χ4v) is 1.89. The summed E-state index contributed by atoms with van der Waals surface area (Å²) in [5, 5.41) is 13.1. The SMILES string of the molecule is CSCCn1nc(C)c(CC(=O)O)c1C. The summed E-state index contributed by atoms with van der Waals surface area (Å²) in [5.41, 5.74) is 2.66. The Morgan fingerprint density at radius 3 is 2.73 bits per heavy atom. The van der Waals surface area contributed by atoms with Gasteiger partial charge in [0.15, 0.2) is 0 Å². The summed E-state index contributed by atoms with van der Waals surface area (Å²) >= 11 is 1.76. The Morgan fingerprint density at radius 1 is 1.53 bits per heavy atom. The topological polar surface area (TPSA) is 55.1 Å². The molecule has 0 aliphatic heterocycles. The van der Waals surface area contributed by atoms with Crippen LogP contribution in [0.5, 0.6) is 0 Å². The normalized spacial score (nSPS) is 10.6. The van der Waals surface area contributed by atoms with Gasteiger partial charge in [0.25, 0.3) is 0 Å². The highest BCUT2D eigenvalue weighted by atomic mass is 32.2. The number of aliphatic carboxylic acids is 1. The van der Waals surface area contributed by atoms with E-state index in [9.17, 15) is 4.79 Å². The summed E-state index contributed by atoms with van der Waals surface area (Å²) in [6.45, 7) is 4.63. The van der Waals surface area contributed by atoms with Gasteiger partial charge in [-0.2, -0.15) is 16.9 Å². The minimum atomic E-state index is -0.800. The smallest absolute Gasteiger partial charge is 0.307 e. The molecule has 0 atom stereocenters. The molecule has 15 heavy (non-hydrogen) atoms. The lowest BCUT2D eigenvalue weighted by molar-refractivity contribution is -0.136. The van der Waals surface area contributed by atoms with Gasteiger partial charge in [0.05, 0.1) is 18.7 Å². The molecule has 1 aromatic rings. The summed E-state index contributed by atoms with van der Waals surface area (Å²) in [5.74, 6) is 0.194. The number of hydrogen-bond donors (Lipinski definition) is 1. The molecule has 0 amide bonds. The number of hydrogen-bond acceptors (Lipinski definition) is 3. The predicted molar refractivity (Wildman–Crippen MR) is 61.4 cm³/mol. The number of aryl methyl sites for hydroxylation is 2. The van der Waals surface area contributed by atoms with E-state index < -0.39 is 5.97 Å². The molecule has 0 aromatic carbocycles. The quantitative estimate of drug-likeness (QED) is 0.829. The Kier molecular flexibility index (Phi) is 4.20. The molecule has 84 valence electrons. The molecule has 0 aliphatic carbocycles. The zero-order chi connectivity index (χ0) is 11.4. The van der Waals surface area contributed by atoms with Crippen LogP contribution >= 0.6 is 11.8 Å². The van der Waals surface area contributed by atoms with Crippen molar-refractivity contribution in [1.82, 2.24) is 9.78 Å². The van der Waals surface area contributed by atoms with Gasteiger partial charge in [-0.3, -0.25) is 9.48 Å². The van der Waals surface area contributed by atoms with Gasteiger partial charge in [-0.15, -0.1) is 0 Å². The summed E-state index contributed by atoms with van der Waals surface area (Å²) < 4.78 is 1.89. The van der Waals surface area contributed by atoms with Gasteiger partial charge in [-0.25, -0.2) is 0 Å². The van der Waals surface area contributed by atoms with Crippen LogP contribution < -0.4 is 0 Å². The zero-order valence-electron chi connectivity index (χ0n) is 9.28. The molecular formula is C10H16N2O2S. The molecule has 1 N–H and O–H groups in total. The second-order valence-corrected chi connectivity index (χ2v) is 4.42. The highest BCUT2D eigenvalue weighted by Crippen LogP contribution is 2.14. The molecular weight excluding hydrogens is 212 g/mol. The average Bonchev–Trinajstić information content (AvgIpc) is 2.42. The fraction of sp³-hybridized carbons (Fsp3) is 0.600. The molecule has 4 nitrogen and oxygen atoms in total. The van der Waals surface area contributed by atoms with E-state index in [4.69, 9.17) is 5.11 Å². The monoisotopic (exact) mass is 228 g/mol. The lowest BCUT2D eigenvalue weighted by atomic mass is 10.1. The van der Waals surface area contributed by atoms with Crippen molar-refractivity contribution in [3.63, 3.8) is 0 Å². The molecule has 0 fully saturated rings. The zero-order valence-corrected chi connectivity index (χ0v) is 10.1. The minimum absolute atomic E-state index is 0.0664. The Bertz CT molecular complexity index is 361. The van der Waals surface area contributed by atoms with Crippen molar-refractivity contribution in [2.24, 2.45) is 0 Å². The summed E-state index contributed by atoms with van der Waals surface area (Å²) in [6, 6.07) is 0. The van der Waals surface area contributed by atoms with Gasteiger partial charge in [0.1, 0.15) is 0 Å². The Hall–Kier alpha value is -0.970. The van der Waals surface area contributed by atoms with Crippen LogP contribution in [0.15, 0.2) is 0 Å². The lowest BCUT2D eigenvalue weighted by Crippen LogP contribution is -2.06. The van der Waals surface area contributed by atoms with E-state index in [1.54, 1.807) is 11.8 Å². The van der Waals surface area contributed by atoms with E-state index in [0.717, 1.165) is 29.2 Å². The number of aromatic nitrogens is 2. The van der Waals surface area contributed by atoms with E-state index in [1.807, 2.05) is 24.8 Å². The first-order chi connectivity index (χ1) is 7.06. The molecule has 1 heterocycles. The second-order valence-electron chi connectivity index (χ2n) is 3.44. The molecule has 0 radical (unpaired) electrons. The van der Waals surface area contributed by atoms with Crippen LogP contribution in [-0.4, -0.2) is 32.9 Å². The van der Waals surface area contributed by atoms with E-state index in [2.05, 4.69) is 5.10 Å². The van der Waals surface area contributed by atoms with Crippen molar-refractivity contribution in [3.05, 3.63) is 17.0 Å². The predicted octanol–water partition coefficient (Wildman–Crippen LogP) is 1.49. The van der Waals surface area contributed by atoms with Gasteiger partial charge >= 0.3 is 5.97 Å². The Morgan fingerprint density at radius 2 is 2.20 bits per heavy atom. The van der Waals surface area contributed by atoms with Crippen molar-refractivity contribution in [1.29, 1.82) is 0 Å². The standard InChI is InChI=1S/C10H16N2O2S/c1-7-9(6-10(13)14)8(2)12(11-7)4-5-15-3/h4-6H2,1-3H3,(H,13,14).